The highest BCUT2D eigenvalue weighted by molar-refractivity contribution is 5.89. The zero-order chi connectivity index (χ0) is 10.1. The molecule has 1 aliphatic heterocycles. The second-order valence-corrected chi connectivity index (χ2v) is 3.72. The maximum absolute atomic E-state index is 11.7. The summed E-state index contributed by atoms with van der Waals surface area (Å²) >= 11 is 0. The standard InChI is InChI=1S/C9H13NO4/c11-8(6-5-7(6)9(12)13)10-1-3-14-4-2-10/h6-7H,1-5H2,(H,12,13)/t6-,7-/m0/s1. The molecule has 0 bridgehead atoms. The zero-order valence-electron chi connectivity index (χ0n) is 7.81. The molecular formula is C9H13NO4. The summed E-state index contributed by atoms with van der Waals surface area (Å²) in [6, 6.07) is 0. The van der Waals surface area contributed by atoms with Crippen molar-refractivity contribution in [2.24, 2.45) is 11.8 Å². The minimum absolute atomic E-state index is 0.0132. The topological polar surface area (TPSA) is 66.8 Å². The Labute approximate surface area is 81.6 Å². The number of ether oxygens (including phenoxy) is 1. The Kier molecular flexibility index (Phi) is 2.41. The number of amides is 1. The summed E-state index contributed by atoms with van der Waals surface area (Å²) in [6.07, 6.45) is 0.505. The first kappa shape index (κ1) is 9.45. The molecule has 1 N–H and O–H groups in total. The number of carboxylic acid groups (broad SMARTS) is 1. The number of nitrogens with zero attached hydrogens (tertiary/aromatic N) is 1. The van der Waals surface area contributed by atoms with Crippen LogP contribution in [0.25, 0.3) is 0 Å². The second kappa shape index (κ2) is 3.57. The second-order valence-electron chi connectivity index (χ2n) is 3.72. The number of carbonyl (C=O) groups is 2. The molecule has 1 aliphatic carbocycles. The molecule has 0 aromatic rings. The van der Waals surface area contributed by atoms with E-state index < -0.39 is 11.9 Å². The number of carbonyl (C=O) groups excluding carboxylic acids is 1. The summed E-state index contributed by atoms with van der Waals surface area (Å²) in [6.45, 7) is 2.33. The third-order valence-corrected chi connectivity index (χ3v) is 2.75. The SMILES string of the molecule is O=C(O)[C@H]1C[C@@H]1C(=O)N1CCOCC1. The Balaban J connectivity index is 1.87. The average Bonchev–Trinajstić information content (AvgIpc) is 2.97. The van der Waals surface area contributed by atoms with E-state index in [1.165, 1.54) is 0 Å². The Bertz CT molecular complexity index is 260. The lowest BCUT2D eigenvalue weighted by molar-refractivity contribution is -0.143. The Morgan fingerprint density at radius 1 is 1.21 bits per heavy atom. The van der Waals surface area contributed by atoms with Gasteiger partial charge in [-0.25, -0.2) is 0 Å². The van der Waals surface area contributed by atoms with Gasteiger partial charge < -0.3 is 14.7 Å². The third kappa shape index (κ3) is 1.72. The number of aliphatic carboxylic acids is 1. The molecule has 14 heavy (non-hydrogen) atoms. The summed E-state index contributed by atoms with van der Waals surface area (Å²) in [4.78, 5) is 24.0. The highest BCUT2D eigenvalue weighted by atomic mass is 16.5. The average molecular weight is 199 g/mol. The van der Waals surface area contributed by atoms with Crippen molar-refractivity contribution in [1.29, 1.82) is 0 Å². The van der Waals surface area contributed by atoms with E-state index in [-0.39, 0.29) is 11.8 Å². The van der Waals surface area contributed by atoms with Gasteiger partial charge in [0.2, 0.25) is 5.91 Å². The fraction of sp³-hybridized carbons (Fsp3) is 0.778. The maximum Gasteiger partial charge on any atom is 0.307 e. The van der Waals surface area contributed by atoms with E-state index in [0.717, 1.165) is 0 Å². The van der Waals surface area contributed by atoms with Gasteiger partial charge in [0, 0.05) is 13.1 Å². The summed E-state index contributed by atoms with van der Waals surface area (Å²) < 4.78 is 5.11. The molecule has 2 rings (SSSR count). The fourth-order valence-corrected chi connectivity index (χ4v) is 1.76. The summed E-state index contributed by atoms with van der Waals surface area (Å²) in [5, 5.41) is 8.68. The summed E-state index contributed by atoms with van der Waals surface area (Å²) in [7, 11) is 0. The molecule has 1 heterocycles. The van der Waals surface area contributed by atoms with Gasteiger partial charge in [0.25, 0.3) is 0 Å². The first-order valence-corrected chi connectivity index (χ1v) is 4.79. The van der Waals surface area contributed by atoms with Crippen LogP contribution in [-0.2, 0) is 14.3 Å². The van der Waals surface area contributed by atoms with Gasteiger partial charge in [0.1, 0.15) is 0 Å². The van der Waals surface area contributed by atoms with E-state index in [9.17, 15) is 9.59 Å². The molecule has 2 atom stereocenters. The predicted molar refractivity (Wildman–Crippen MR) is 46.6 cm³/mol. The van der Waals surface area contributed by atoms with Gasteiger partial charge in [-0.05, 0) is 6.42 Å². The number of hydrogen-bond acceptors (Lipinski definition) is 3. The molecule has 5 nitrogen and oxygen atoms in total. The van der Waals surface area contributed by atoms with Crippen molar-refractivity contribution in [3.63, 3.8) is 0 Å². The molecule has 1 saturated carbocycles. The van der Waals surface area contributed by atoms with Crippen molar-refractivity contribution in [2.45, 2.75) is 6.42 Å². The highest BCUT2D eigenvalue weighted by Crippen LogP contribution is 2.40. The largest absolute Gasteiger partial charge is 0.481 e. The summed E-state index contributed by atoms with van der Waals surface area (Å²) in [5.74, 6) is -1.58. The molecule has 2 aliphatic rings. The molecule has 0 aromatic carbocycles. The van der Waals surface area contributed by atoms with Crippen LogP contribution in [0, 0.1) is 11.8 Å². The Morgan fingerprint density at radius 3 is 2.36 bits per heavy atom. The van der Waals surface area contributed by atoms with Gasteiger partial charge in [0.15, 0.2) is 0 Å². The smallest absolute Gasteiger partial charge is 0.307 e. The van der Waals surface area contributed by atoms with Crippen molar-refractivity contribution in [2.75, 3.05) is 26.3 Å². The van der Waals surface area contributed by atoms with Crippen molar-refractivity contribution in [1.82, 2.24) is 4.90 Å². The van der Waals surface area contributed by atoms with E-state index in [4.69, 9.17) is 9.84 Å². The van der Waals surface area contributed by atoms with Gasteiger partial charge in [-0.2, -0.15) is 0 Å². The highest BCUT2D eigenvalue weighted by Gasteiger charge is 2.49. The van der Waals surface area contributed by atoms with Crippen LogP contribution in [0.5, 0.6) is 0 Å². The van der Waals surface area contributed by atoms with Gasteiger partial charge in [-0.1, -0.05) is 0 Å². The normalized spacial score (nSPS) is 31.3. The molecular weight excluding hydrogens is 186 g/mol. The van der Waals surface area contributed by atoms with Crippen molar-refractivity contribution < 1.29 is 19.4 Å². The first-order valence-electron chi connectivity index (χ1n) is 4.79. The van der Waals surface area contributed by atoms with Crippen molar-refractivity contribution in [3.05, 3.63) is 0 Å². The van der Waals surface area contributed by atoms with Gasteiger partial charge in [-0.3, -0.25) is 9.59 Å². The third-order valence-electron chi connectivity index (χ3n) is 2.75. The van der Waals surface area contributed by atoms with Crippen LogP contribution in [0.1, 0.15) is 6.42 Å². The number of carboxylic acids is 1. The van der Waals surface area contributed by atoms with Crippen molar-refractivity contribution in [3.8, 4) is 0 Å². The number of morpholine rings is 1. The van der Waals surface area contributed by atoms with E-state index in [1.807, 2.05) is 0 Å². The summed E-state index contributed by atoms with van der Waals surface area (Å²) in [5.41, 5.74) is 0. The van der Waals surface area contributed by atoms with Crippen LogP contribution >= 0.6 is 0 Å². The molecule has 1 amide bonds. The van der Waals surface area contributed by atoms with Gasteiger partial charge in [-0.15, -0.1) is 0 Å². The quantitative estimate of drug-likeness (QED) is 0.655. The lowest BCUT2D eigenvalue weighted by atomic mass is 10.2. The molecule has 2 fully saturated rings. The van der Waals surface area contributed by atoms with E-state index in [0.29, 0.717) is 32.7 Å². The zero-order valence-corrected chi connectivity index (χ0v) is 7.81. The van der Waals surface area contributed by atoms with Crippen LogP contribution in [-0.4, -0.2) is 48.2 Å². The fourth-order valence-electron chi connectivity index (χ4n) is 1.76. The van der Waals surface area contributed by atoms with Crippen LogP contribution in [0.2, 0.25) is 0 Å². The molecule has 0 unspecified atom stereocenters. The molecule has 1 saturated heterocycles. The van der Waals surface area contributed by atoms with E-state index >= 15 is 0 Å². The van der Waals surface area contributed by atoms with Crippen LogP contribution in [0.3, 0.4) is 0 Å². The predicted octanol–water partition coefficient (Wildman–Crippen LogP) is -0.434. The molecule has 0 radical (unpaired) electrons. The molecule has 5 heteroatoms. The van der Waals surface area contributed by atoms with Crippen LogP contribution < -0.4 is 0 Å². The Hall–Kier alpha value is -1.10. The maximum atomic E-state index is 11.7. The number of rotatable bonds is 2. The first-order chi connectivity index (χ1) is 6.70. The van der Waals surface area contributed by atoms with Gasteiger partial charge in [0.05, 0.1) is 25.0 Å². The van der Waals surface area contributed by atoms with E-state index in [1.54, 1.807) is 4.90 Å². The minimum Gasteiger partial charge on any atom is -0.481 e. The molecule has 78 valence electrons. The van der Waals surface area contributed by atoms with Crippen molar-refractivity contribution >= 4 is 11.9 Å². The number of hydrogen-bond donors (Lipinski definition) is 1. The van der Waals surface area contributed by atoms with Crippen LogP contribution in [0.4, 0.5) is 0 Å². The molecule has 0 aromatic heterocycles. The Morgan fingerprint density at radius 2 is 1.86 bits per heavy atom. The minimum atomic E-state index is -0.850. The molecule has 0 spiro atoms. The van der Waals surface area contributed by atoms with Gasteiger partial charge >= 0.3 is 5.97 Å². The van der Waals surface area contributed by atoms with Crippen LogP contribution in [0.15, 0.2) is 0 Å². The monoisotopic (exact) mass is 199 g/mol. The lowest BCUT2D eigenvalue weighted by Crippen LogP contribution is -2.41. The van der Waals surface area contributed by atoms with E-state index in [2.05, 4.69) is 0 Å². The lowest BCUT2D eigenvalue weighted by Gasteiger charge is -2.26.